The Bertz CT molecular complexity index is 401. The molecule has 0 aliphatic heterocycles. The number of aryl methyl sites for hydroxylation is 1. The molecule has 94 valence electrons. The molecule has 1 rings (SSSR count). The van der Waals surface area contributed by atoms with E-state index in [9.17, 15) is 18.0 Å². The molecule has 0 bridgehead atoms. The average molecular weight is 245 g/mol. The second kappa shape index (κ2) is 5.21. The molecule has 0 atom stereocenters. The molecule has 0 N–H and O–H groups in total. The maximum Gasteiger partial charge on any atom is 0.390 e. The molecule has 0 saturated carbocycles. The van der Waals surface area contributed by atoms with Gasteiger partial charge in [-0.15, -0.1) is 0 Å². The lowest BCUT2D eigenvalue weighted by molar-refractivity contribution is -0.132. The molecule has 0 unspecified atom stereocenters. The van der Waals surface area contributed by atoms with Crippen LogP contribution in [-0.4, -0.2) is 26.1 Å². The van der Waals surface area contributed by atoms with Gasteiger partial charge in [0.25, 0.3) is 0 Å². The maximum atomic E-state index is 12.1. The van der Waals surface area contributed by atoms with Gasteiger partial charge in [0, 0.05) is 24.8 Å². The lowest BCUT2D eigenvalue weighted by Crippen LogP contribution is -2.24. The van der Waals surface area contributed by atoms with Crippen LogP contribution in [0.1, 0.15) is 22.3 Å². The fourth-order valence-electron chi connectivity index (χ4n) is 1.60. The fraction of sp³-hybridized carbons (Fsp3) is 0.417. The number of carbonyl (C=O) groups is 1. The van der Waals surface area contributed by atoms with Crippen LogP contribution in [0.3, 0.4) is 0 Å². The third-order valence-electron chi connectivity index (χ3n) is 2.50. The number of anilines is 1. The maximum absolute atomic E-state index is 12.1. The van der Waals surface area contributed by atoms with Crippen molar-refractivity contribution in [3.05, 3.63) is 29.3 Å². The standard InChI is InChI=1S/C12H14F3NO/c1-9-7-10(8-17)3-4-11(9)16(2)6-5-12(13,14)15/h3-4,7-8H,5-6H2,1-2H3. The van der Waals surface area contributed by atoms with E-state index in [0.29, 0.717) is 17.5 Å². The molecular weight excluding hydrogens is 231 g/mol. The van der Waals surface area contributed by atoms with E-state index >= 15 is 0 Å². The molecule has 0 aliphatic rings. The Morgan fingerprint density at radius 3 is 2.47 bits per heavy atom. The van der Waals surface area contributed by atoms with Crippen LogP contribution in [-0.2, 0) is 0 Å². The second-order valence-corrected chi connectivity index (χ2v) is 3.95. The van der Waals surface area contributed by atoms with E-state index in [2.05, 4.69) is 0 Å². The molecule has 0 amide bonds. The van der Waals surface area contributed by atoms with E-state index in [4.69, 9.17) is 0 Å². The zero-order valence-electron chi connectivity index (χ0n) is 9.71. The van der Waals surface area contributed by atoms with E-state index in [0.717, 1.165) is 5.56 Å². The van der Waals surface area contributed by atoms with E-state index in [1.54, 1.807) is 32.2 Å². The van der Waals surface area contributed by atoms with Gasteiger partial charge in [0.05, 0.1) is 6.42 Å². The number of rotatable bonds is 4. The number of hydrogen-bond donors (Lipinski definition) is 0. The Morgan fingerprint density at radius 2 is 2.00 bits per heavy atom. The summed E-state index contributed by atoms with van der Waals surface area (Å²) in [6.07, 6.45) is -4.28. The topological polar surface area (TPSA) is 20.3 Å². The zero-order chi connectivity index (χ0) is 13.1. The highest BCUT2D eigenvalue weighted by Crippen LogP contribution is 2.24. The average Bonchev–Trinajstić information content (AvgIpc) is 2.24. The molecule has 0 heterocycles. The minimum atomic E-state index is -4.15. The number of nitrogens with zero attached hydrogens (tertiary/aromatic N) is 1. The molecule has 1 aromatic carbocycles. The van der Waals surface area contributed by atoms with Gasteiger partial charge in [-0.3, -0.25) is 4.79 Å². The summed E-state index contributed by atoms with van der Waals surface area (Å²) in [5, 5.41) is 0. The number of carbonyl (C=O) groups excluding carboxylic acids is 1. The SMILES string of the molecule is Cc1cc(C=O)ccc1N(C)CCC(F)(F)F. The van der Waals surface area contributed by atoms with Crippen LogP contribution in [0, 0.1) is 6.92 Å². The summed E-state index contributed by atoms with van der Waals surface area (Å²) in [5.74, 6) is 0. The highest BCUT2D eigenvalue weighted by molar-refractivity contribution is 5.76. The van der Waals surface area contributed by atoms with Gasteiger partial charge < -0.3 is 4.90 Å². The molecule has 0 aliphatic carbocycles. The first-order valence-electron chi connectivity index (χ1n) is 5.17. The number of aldehydes is 1. The number of alkyl halides is 3. The first kappa shape index (κ1) is 13.5. The minimum Gasteiger partial charge on any atom is -0.374 e. The van der Waals surface area contributed by atoms with Crippen molar-refractivity contribution in [1.29, 1.82) is 0 Å². The summed E-state index contributed by atoms with van der Waals surface area (Å²) in [6.45, 7) is 1.68. The van der Waals surface area contributed by atoms with Crippen molar-refractivity contribution >= 4 is 12.0 Å². The van der Waals surface area contributed by atoms with E-state index in [1.165, 1.54) is 4.90 Å². The molecular formula is C12H14F3NO. The Hall–Kier alpha value is -1.52. The summed E-state index contributed by atoms with van der Waals surface area (Å²) in [5.41, 5.74) is 2.02. The monoisotopic (exact) mass is 245 g/mol. The Morgan fingerprint density at radius 1 is 1.35 bits per heavy atom. The van der Waals surface area contributed by atoms with Crippen LogP contribution in [0.5, 0.6) is 0 Å². The van der Waals surface area contributed by atoms with Crippen LogP contribution in [0.2, 0.25) is 0 Å². The van der Waals surface area contributed by atoms with Crippen molar-refractivity contribution < 1.29 is 18.0 Å². The van der Waals surface area contributed by atoms with E-state index in [-0.39, 0.29) is 6.54 Å². The Labute approximate surface area is 98.0 Å². The largest absolute Gasteiger partial charge is 0.390 e. The van der Waals surface area contributed by atoms with Crippen LogP contribution < -0.4 is 4.90 Å². The molecule has 0 aromatic heterocycles. The van der Waals surface area contributed by atoms with Gasteiger partial charge in [-0.2, -0.15) is 13.2 Å². The van der Waals surface area contributed by atoms with Gasteiger partial charge in [0.15, 0.2) is 0 Å². The highest BCUT2D eigenvalue weighted by Gasteiger charge is 2.27. The van der Waals surface area contributed by atoms with Gasteiger partial charge in [-0.25, -0.2) is 0 Å². The number of hydrogen-bond acceptors (Lipinski definition) is 2. The third kappa shape index (κ3) is 4.09. The van der Waals surface area contributed by atoms with Gasteiger partial charge in [0.1, 0.15) is 6.29 Å². The summed E-state index contributed by atoms with van der Waals surface area (Å²) in [4.78, 5) is 12.1. The first-order valence-corrected chi connectivity index (χ1v) is 5.17. The summed E-state index contributed by atoms with van der Waals surface area (Å²) < 4.78 is 36.2. The van der Waals surface area contributed by atoms with E-state index < -0.39 is 12.6 Å². The van der Waals surface area contributed by atoms with Crippen molar-refractivity contribution in [2.75, 3.05) is 18.5 Å². The molecule has 17 heavy (non-hydrogen) atoms. The lowest BCUT2D eigenvalue weighted by atomic mass is 10.1. The molecule has 2 nitrogen and oxygen atoms in total. The number of benzene rings is 1. The zero-order valence-corrected chi connectivity index (χ0v) is 9.71. The predicted octanol–water partition coefficient (Wildman–Crippen LogP) is 3.20. The lowest BCUT2D eigenvalue weighted by Gasteiger charge is -2.22. The van der Waals surface area contributed by atoms with Crippen molar-refractivity contribution in [1.82, 2.24) is 0 Å². The van der Waals surface area contributed by atoms with Gasteiger partial charge in [-0.05, 0) is 30.7 Å². The van der Waals surface area contributed by atoms with Gasteiger partial charge in [0.2, 0.25) is 0 Å². The van der Waals surface area contributed by atoms with Crippen molar-refractivity contribution in [3.8, 4) is 0 Å². The van der Waals surface area contributed by atoms with E-state index in [1.807, 2.05) is 0 Å². The summed E-state index contributed by atoms with van der Waals surface area (Å²) in [7, 11) is 1.61. The van der Waals surface area contributed by atoms with Gasteiger partial charge >= 0.3 is 6.18 Å². The van der Waals surface area contributed by atoms with Crippen LogP contribution in [0.25, 0.3) is 0 Å². The van der Waals surface area contributed by atoms with Gasteiger partial charge in [-0.1, -0.05) is 0 Å². The highest BCUT2D eigenvalue weighted by atomic mass is 19.4. The molecule has 1 aromatic rings. The minimum absolute atomic E-state index is 0.0925. The molecule has 5 heteroatoms. The molecule has 0 fully saturated rings. The Kier molecular flexibility index (Phi) is 4.15. The quantitative estimate of drug-likeness (QED) is 0.759. The summed E-state index contributed by atoms with van der Waals surface area (Å²) >= 11 is 0. The smallest absolute Gasteiger partial charge is 0.374 e. The summed E-state index contributed by atoms with van der Waals surface area (Å²) in [6, 6.07) is 4.92. The first-order chi connectivity index (χ1) is 7.83. The van der Waals surface area contributed by atoms with Crippen LogP contribution >= 0.6 is 0 Å². The van der Waals surface area contributed by atoms with Crippen LogP contribution in [0.15, 0.2) is 18.2 Å². The van der Waals surface area contributed by atoms with Crippen molar-refractivity contribution in [3.63, 3.8) is 0 Å². The van der Waals surface area contributed by atoms with Crippen molar-refractivity contribution in [2.45, 2.75) is 19.5 Å². The molecule has 0 saturated heterocycles. The number of halogens is 3. The third-order valence-corrected chi connectivity index (χ3v) is 2.50. The molecule has 0 radical (unpaired) electrons. The predicted molar refractivity (Wildman–Crippen MR) is 60.5 cm³/mol. The fourth-order valence-corrected chi connectivity index (χ4v) is 1.60. The van der Waals surface area contributed by atoms with Crippen LogP contribution in [0.4, 0.5) is 18.9 Å². The van der Waals surface area contributed by atoms with Crippen molar-refractivity contribution in [2.24, 2.45) is 0 Å². The molecule has 0 spiro atoms. The normalized spacial score (nSPS) is 11.4. The second-order valence-electron chi connectivity index (χ2n) is 3.95. The Balaban J connectivity index is 2.75.